The molecular formula is C28H24ClN3O. The minimum atomic E-state index is -0.221. The van der Waals surface area contributed by atoms with Crippen molar-refractivity contribution in [2.75, 3.05) is 0 Å². The standard InChI is InChI=1S/C28H24ClN3O/c29-22-14-10-21(11-15-22)27-18-25(24-8-4-5-9-26(24)30-27)28(33)32-31-23-16-12-20(13-17-23)19-6-2-1-3-7-19/h1-11,14-15,18,20H,12-13,16-17H2,(H,32,33). The van der Waals surface area contributed by atoms with Crippen LogP contribution in [0, 0.1) is 0 Å². The molecule has 3 aromatic carbocycles. The first-order chi connectivity index (χ1) is 16.2. The molecule has 1 aromatic heterocycles. The number of carbonyl (C=O) groups is 1. The summed E-state index contributed by atoms with van der Waals surface area (Å²) in [6.07, 6.45) is 3.90. The summed E-state index contributed by atoms with van der Waals surface area (Å²) in [5, 5.41) is 5.96. The lowest BCUT2D eigenvalue weighted by Gasteiger charge is -2.23. The maximum Gasteiger partial charge on any atom is 0.272 e. The molecule has 1 aliphatic rings. The van der Waals surface area contributed by atoms with Crippen LogP contribution in [0.25, 0.3) is 22.2 Å². The van der Waals surface area contributed by atoms with E-state index in [4.69, 9.17) is 16.6 Å². The lowest BCUT2D eigenvalue weighted by molar-refractivity contribution is 0.0956. The minimum absolute atomic E-state index is 0.221. The van der Waals surface area contributed by atoms with Crippen LogP contribution < -0.4 is 5.43 Å². The Morgan fingerprint density at radius 2 is 1.61 bits per heavy atom. The zero-order valence-corrected chi connectivity index (χ0v) is 18.9. The average molecular weight is 454 g/mol. The molecule has 0 spiro atoms. The van der Waals surface area contributed by atoms with Gasteiger partial charge < -0.3 is 0 Å². The maximum absolute atomic E-state index is 13.2. The predicted molar refractivity (Wildman–Crippen MR) is 135 cm³/mol. The van der Waals surface area contributed by atoms with Crippen molar-refractivity contribution >= 4 is 34.1 Å². The number of halogens is 1. The van der Waals surface area contributed by atoms with E-state index in [1.54, 1.807) is 0 Å². The molecule has 5 rings (SSSR count). The molecule has 1 fully saturated rings. The Morgan fingerprint density at radius 1 is 0.909 bits per heavy atom. The zero-order valence-electron chi connectivity index (χ0n) is 18.2. The third-order valence-electron chi connectivity index (χ3n) is 6.25. The monoisotopic (exact) mass is 453 g/mol. The molecule has 5 heteroatoms. The second-order valence-electron chi connectivity index (χ2n) is 8.38. The van der Waals surface area contributed by atoms with Crippen molar-refractivity contribution < 1.29 is 4.79 Å². The normalized spacial score (nSPS) is 15.9. The number of hydrazone groups is 1. The fourth-order valence-electron chi connectivity index (χ4n) is 4.44. The smallest absolute Gasteiger partial charge is 0.267 e. The number of aromatic nitrogens is 1. The second kappa shape index (κ2) is 9.55. The Bertz CT molecular complexity index is 1310. The minimum Gasteiger partial charge on any atom is -0.267 e. The molecular weight excluding hydrogens is 430 g/mol. The molecule has 1 saturated carbocycles. The summed E-state index contributed by atoms with van der Waals surface area (Å²) in [6.45, 7) is 0. The molecule has 0 saturated heterocycles. The highest BCUT2D eigenvalue weighted by molar-refractivity contribution is 6.30. The van der Waals surface area contributed by atoms with Crippen LogP contribution in [0.2, 0.25) is 5.02 Å². The predicted octanol–water partition coefficient (Wildman–Crippen LogP) is 7.00. The molecule has 1 N–H and O–H groups in total. The van der Waals surface area contributed by atoms with Crippen LogP contribution in [0.3, 0.4) is 0 Å². The molecule has 4 aromatic rings. The van der Waals surface area contributed by atoms with Gasteiger partial charge in [-0.3, -0.25) is 4.79 Å². The maximum atomic E-state index is 13.2. The van der Waals surface area contributed by atoms with Crippen molar-refractivity contribution in [1.29, 1.82) is 0 Å². The van der Waals surface area contributed by atoms with Crippen molar-refractivity contribution in [3.63, 3.8) is 0 Å². The molecule has 1 aliphatic carbocycles. The van der Waals surface area contributed by atoms with E-state index in [-0.39, 0.29) is 5.91 Å². The van der Waals surface area contributed by atoms with Gasteiger partial charge in [0.05, 0.1) is 16.8 Å². The fourth-order valence-corrected chi connectivity index (χ4v) is 4.57. The number of hydrogen-bond acceptors (Lipinski definition) is 3. The number of para-hydroxylation sites is 1. The summed E-state index contributed by atoms with van der Waals surface area (Å²) in [5.41, 5.74) is 8.21. The lowest BCUT2D eigenvalue weighted by atomic mass is 9.83. The van der Waals surface area contributed by atoms with E-state index in [2.05, 4.69) is 40.9 Å². The molecule has 0 aliphatic heterocycles. The van der Waals surface area contributed by atoms with Crippen LogP contribution in [0.5, 0.6) is 0 Å². The summed E-state index contributed by atoms with van der Waals surface area (Å²) in [5.74, 6) is 0.341. The number of amides is 1. The van der Waals surface area contributed by atoms with Crippen LogP contribution in [0.15, 0.2) is 90.0 Å². The van der Waals surface area contributed by atoms with Gasteiger partial charge in [-0.1, -0.05) is 72.3 Å². The van der Waals surface area contributed by atoms with Gasteiger partial charge in [0.1, 0.15) is 0 Å². The molecule has 33 heavy (non-hydrogen) atoms. The topological polar surface area (TPSA) is 54.4 Å². The quantitative estimate of drug-likeness (QED) is 0.338. The number of nitrogens with zero attached hydrogens (tertiary/aromatic N) is 2. The Morgan fingerprint density at radius 3 is 2.36 bits per heavy atom. The van der Waals surface area contributed by atoms with Gasteiger partial charge in [0.25, 0.3) is 5.91 Å². The number of carbonyl (C=O) groups excluding carboxylic acids is 1. The van der Waals surface area contributed by atoms with Gasteiger partial charge in [0.2, 0.25) is 0 Å². The fraction of sp³-hybridized carbons (Fsp3) is 0.179. The van der Waals surface area contributed by atoms with Crippen LogP contribution in [-0.4, -0.2) is 16.6 Å². The van der Waals surface area contributed by atoms with E-state index in [1.165, 1.54) is 5.56 Å². The Hall–Kier alpha value is -3.50. The molecule has 164 valence electrons. The number of pyridine rings is 1. The van der Waals surface area contributed by atoms with E-state index >= 15 is 0 Å². The Labute approximate surface area is 198 Å². The first-order valence-corrected chi connectivity index (χ1v) is 11.6. The summed E-state index contributed by atoms with van der Waals surface area (Å²) in [6, 6.07) is 27.6. The van der Waals surface area contributed by atoms with Crippen molar-refractivity contribution in [2.45, 2.75) is 31.6 Å². The molecule has 0 bridgehead atoms. The molecule has 0 atom stereocenters. The van der Waals surface area contributed by atoms with Gasteiger partial charge in [0, 0.05) is 21.7 Å². The van der Waals surface area contributed by atoms with Crippen LogP contribution >= 0.6 is 11.6 Å². The van der Waals surface area contributed by atoms with Crippen LogP contribution in [0.1, 0.15) is 47.5 Å². The largest absolute Gasteiger partial charge is 0.272 e. The van der Waals surface area contributed by atoms with E-state index < -0.39 is 0 Å². The first kappa shape index (κ1) is 21.4. The SMILES string of the molecule is O=C(NN=C1CCC(c2ccccc2)CC1)c1cc(-c2ccc(Cl)cc2)nc2ccccc12. The van der Waals surface area contributed by atoms with Gasteiger partial charge in [0.15, 0.2) is 0 Å². The van der Waals surface area contributed by atoms with Gasteiger partial charge in [-0.15, -0.1) is 0 Å². The van der Waals surface area contributed by atoms with E-state index in [0.29, 0.717) is 16.5 Å². The third-order valence-corrected chi connectivity index (χ3v) is 6.50. The van der Waals surface area contributed by atoms with Crippen molar-refractivity contribution in [2.24, 2.45) is 5.10 Å². The van der Waals surface area contributed by atoms with Gasteiger partial charge in [-0.25, -0.2) is 10.4 Å². The number of fused-ring (bicyclic) bond motifs is 1. The highest BCUT2D eigenvalue weighted by Crippen LogP contribution is 2.31. The van der Waals surface area contributed by atoms with Crippen molar-refractivity contribution in [1.82, 2.24) is 10.4 Å². The highest BCUT2D eigenvalue weighted by atomic mass is 35.5. The average Bonchev–Trinajstić information content (AvgIpc) is 2.88. The summed E-state index contributed by atoms with van der Waals surface area (Å²) in [4.78, 5) is 17.9. The Kier molecular flexibility index (Phi) is 6.18. The molecule has 0 radical (unpaired) electrons. The highest BCUT2D eigenvalue weighted by Gasteiger charge is 2.20. The first-order valence-electron chi connectivity index (χ1n) is 11.2. The molecule has 4 nitrogen and oxygen atoms in total. The van der Waals surface area contributed by atoms with Gasteiger partial charge >= 0.3 is 0 Å². The summed E-state index contributed by atoms with van der Waals surface area (Å²) >= 11 is 6.04. The summed E-state index contributed by atoms with van der Waals surface area (Å²) < 4.78 is 0. The summed E-state index contributed by atoms with van der Waals surface area (Å²) in [7, 11) is 0. The van der Waals surface area contributed by atoms with Gasteiger partial charge in [-0.2, -0.15) is 5.10 Å². The van der Waals surface area contributed by atoms with E-state index in [0.717, 1.165) is 53.6 Å². The molecule has 1 heterocycles. The van der Waals surface area contributed by atoms with E-state index in [1.807, 2.05) is 54.6 Å². The zero-order chi connectivity index (χ0) is 22.6. The Balaban J connectivity index is 1.35. The van der Waals surface area contributed by atoms with Crippen molar-refractivity contribution in [3.8, 4) is 11.3 Å². The third kappa shape index (κ3) is 4.81. The number of benzene rings is 3. The second-order valence-corrected chi connectivity index (χ2v) is 8.82. The van der Waals surface area contributed by atoms with Gasteiger partial charge in [-0.05, 0) is 61.4 Å². The number of hydrogen-bond donors (Lipinski definition) is 1. The molecule has 0 unspecified atom stereocenters. The number of nitrogens with one attached hydrogen (secondary N) is 1. The van der Waals surface area contributed by atoms with Crippen LogP contribution in [0.4, 0.5) is 0 Å². The van der Waals surface area contributed by atoms with Crippen LogP contribution in [-0.2, 0) is 0 Å². The van der Waals surface area contributed by atoms with Crippen molar-refractivity contribution in [3.05, 3.63) is 101 Å². The number of rotatable bonds is 4. The van der Waals surface area contributed by atoms with E-state index in [9.17, 15) is 4.79 Å². The molecule has 1 amide bonds. The lowest BCUT2D eigenvalue weighted by Crippen LogP contribution is -2.22.